The Balaban J connectivity index is 2.09. The summed E-state index contributed by atoms with van der Waals surface area (Å²) in [5.74, 6) is 1.07. The zero-order valence-corrected chi connectivity index (χ0v) is 11.9. The van der Waals surface area contributed by atoms with Gasteiger partial charge in [0.1, 0.15) is 0 Å². The van der Waals surface area contributed by atoms with Crippen molar-refractivity contribution >= 4 is 38.5 Å². The lowest BCUT2D eigenvalue weighted by Gasteiger charge is -2.15. The van der Waals surface area contributed by atoms with Gasteiger partial charge in [0.15, 0.2) is 5.17 Å². The van der Waals surface area contributed by atoms with Gasteiger partial charge in [-0.3, -0.25) is 4.99 Å². The molecule has 0 saturated carbocycles. The average Bonchev–Trinajstić information content (AvgIpc) is 2.61. The van der Waals surface area contributed by atoms with Gasteiger partial charge < -0.3 is 5.32 Å². The maximum Gasteiger partial charge on any atom is 0.161 e. The van der Waals surface area contributed by atoms with E-state index in [4.69, 9.17) is 4.99 Å². The van der Waals surface area contributed by atoms with Crippen molar-refractivity contribution < 1.29 is 0 Å². The Morgan fingerprint density at radius 3 is 3.00 bits per heavy atom. The molecule has 0 spiro atoms. The molecule has 0 aromatic heterocycles. The number of nitrogens with zero attached hydrogens (tertiary/aromatic N) is 1. The Hall–Kier alpha value is -0.480. The van der Waals surface area contributed by atoms with Gasteiger partial charge in [-0.25, -0.2) is 0 Å². The second-order valence-corrected chi connectivity index (χ2v) is 6.07. The van der Waals surface area contributed by atoms with E-state index < -0.39 is 0 Å². The smallest absolute Gasteiger partial charge is 0.161 e. The van der Waals surface area contributed by atoms with Crippen LogP contribution in [0.15, 0.2) is 33.7 Å². The highest BCUT2D eigenvalue weighted by molar-refractivity contribution is 9.10. The van der Waals surface area contributed by atoms with Crippen molar-refractivity contribution in [1.82, 2.24) is 0 Å². The Morgan fingerprint density at radius 2 is 2.38 bits per heavy atom. The molecule has 0 aliphatic carbocycles. The Kier molecular flexibility index (Phi) is 3.60. The second kappa shape index (κ2) is 4.80. The lowest BCUT2D eigenvalue weighted by atomic mass is 10.0. The molecule has 1 aromatic carbocycles. The van der Waals surface area contributed by atoms with Crippen LogP contribution in [0.3, 0.4) is 0 Å². The molecule has 0 saturated heterocycles. The van der Waals surface area contributed by atoms with E-state index in [1.54, 1.807) is 11.8 Å². The minimum atomic E-state index is 0.110. The molecule has 86 valence electrons. The first kappa shape index (κ1) is 12.0. The number of amidine groups is 1. The third kappa shape index (κ3) is 2.80. The van der Waals surface area contributed by atoms with E-state index in [-0.39, 0.29) is 5.54 Å². The molecule has 0 bridgehead atoms. The second-order valence-electron chi connectivity index (χ2n) is 4.19. The van der Waals surface area contributed by atoms with Crippen LogP contribution in [0.1, 0.15) is 20.3 Å². The zero-order chi connectivity index (χ0) is 11.6. The molecule has 2 rings (SSSR count). The molecule has 1 aliphatic heterocycles. The topological polar surface area (TPSA) is 24.4 Å². The average molecular weight is 299 g/mol. The first-order chi connectivity index (χ1) is 7.61. The Bertz CT molecular complexity index is 419. The van der Waals surface area contributed by atoms with Gasteiger partial charge in [0.05, 0.1) is 5.54 Å². The Labute approximate surface area is 109 Å². The molecule has 0 radical (unpaired) electrons. The summed E-state index contributed by atoms with van der Waals surface area (Å²) in [6.07, 6.45) is 1.09. The summed E-state index contributed by atoms with van der Waals surface area (Å²) in [5, 5.41) is 4.38. The molecule has 1 aromatic rings. The van der Waals surface area contributed by atoms with E-state index in [1.165, 1.54) is 0 Å². The predicted molar refractivity (Wildman–Crippen MR) is 76.4 cm³/mol. The zero-order valence-electron chi connectivity index (χ0n) is 9.46. The standard InChI is InChI=1S/C12H15BrN2S/c1-3-12(2)8-16-11(15-12)14-10-6-4-5-9(13)7-10/h4-7H,3,8H2,1-2H3,(H,14,15). The van der Waals surface area contributed by atoms with E-state index in [9.17, 15) is 0 Å². The highest BCUT2D eigenvalue weighted by atomic mass is 79.9. The summed E-state index contributed by atoms with van der Waals surface area (Å²) in [6, 6.07) is 8.15. The molecule has 0 fully saturated rings. The van der Waals surface area contributed by atoms with Crippen molar-refractivity contribution in [3.05, 3.63) is 28.7 Å². The summed E-state index contributed by atoms with van der Waals surface area (Å²) < 4.78 is 1.08. The Morgan fingerprint density at radius 1 is 1.56 bits per heavy atom. The fraction of sp³-hybridized carbons (Fsp3) is 0.417. The van der Waals surface area contributed by atoms with Crippen LogP contribution in [0.5, 0.6) is 0 Å². The van der Waals surface area contributed by atoms with E-state index >= 15 is 0 Å². The minimum absolute atomic E-state index is 0.110. The number of benzene rings is 1. The number of rotatable bonds is 2. The van der Waals surface area contributed by atoms with Gasteiger partial charge in [0.25, 0.3) is 0 Å². The molecule has 2 nitrogen and oxygen atoms in total. The van der Waals surface area contributed by atoms with Crippen LogP contribution in [0.4, 0.5) is 5.69 Å². The first-order valence-corrected chi connectivity index (χ1v) is 7.14. The largest absolute Gasteiger partial charge is 0.335 e. The number of nitrogens with one attached hydrogen (secondary N) is 1. The lowest BCUT2D eigenvalue weighted by molar-refractivity contribution is 0.523. The van der Waals surface area contributed by atoms with Gasteiger partial charge in [-0.15, -0.1) is 0 Å². The summed E-state index contributed by atoms with van der Waals surface area (Å²) in [5.41, 5.74) is 1.19. The van der Waals surface area contributed by atoms with Crippen LogP contribution < -0.4 is 5.32 Å². The molecule has 16 heavy (non-hydrogen) atoms. The third-order valence-electron chi connectivity index (χ3n) is 2.73. The van der Waals surface area contributed by atoms with Gasteiger partial charge >= 0.3 is 0 Å². The fourth-order valence-electron chi connectivity index (χ4n) is 1.47. The highest BCUT2D eigenvalue weighted by Crippen LogP contribution is 2.30. The summed E-state index contributed by atoms with van der Waals surface area (Å²) >= 11 is 5.26. The molecule has 4 heteroatoms. The molecule has 1 atom stereocenters. The van der Waals surface area contributed by atoms with Crippen LogP contribution in [0.2, 0.25) is 0 Å². The molecule has 0 amide bonds. The van der Waals surface area contributed by atoms with Crippen molar-refractivity contribution in [2.24, 2.45) is 4.99 Å². The summed E-state index contributed by atoms with van der Waals surface area (Å²) in [7, 11) is 0. The summed E-state index contributed by atoms with van der Waals surface area (Å²) in [4.78, 5) is 4.72. The van der Waals surface area contributed by atoms with E-state index in [0.717, 1.165) is 27.5 Å². The molecule has 1 heterocycles. The maximum atomic E-state index is 4.72. The third-order valence-corrected chi connectivity index (χ3v) is 4.46. The number of thioether (sulfide) groups is 1. The van der Waals surface area contributed by atoms with E-state index in [1.807, 2.05) is 12.1 Å². The highest BCUT2D eigenvalue weighted by Gasteiger charge is 2.28. The molecular weight excluding hydrogens is 284 g/mol. The fourth-order valence-corrected chi connectivity index (χ4v) is 3.06. The van der Waals surface area contributed by atoms with Crippen LogP contribution in [-0.2, 0) is 0 Å². The van der Waals surface area contributed by atoms with Crippen molar-refractivity contribution in [2.75, 3.05) is 11.1 Å². The molecule has 1 N–H and O–H groups in total. The summed E-state index contributed by atoms with van der Waals surface area (Å²) in [6.45, 7) is 4.39. The van der Waals surface area contributed by atoms with Crippen LogP contribution >= 0.6 is 27.7 Å². The molecule has 1 unspecified atom stereocenters. The van der Waals surface area contributed by atoms with Crippen molar-refractivity contribution in [1.29, 1.82) is 0 Å². The van der Waals surface area contributed by atoms with Gasteiger partial charge in [-0.05, 0) is 31.5 Å². The number of hydrogen-bond acceptors (Lipinski definition) is 3. The van der Waals surface area contributed by atoms with Gasteiger partial charge in [0, 0.05) is 15.9 Å². The monoisotopic (exact) mass is 298 g/mol. The lowest BCUT2D eigenvalue weighted by Crippen LogP contribution is -2.20. The maximum absolute atomic E-state index is 4.72. The normalized spacial score (nSPS) is 24.3. The van der Waals surface area contributed by atoms with E-state index in [2.05, 4.69) is 47.2 Å². The number of aliphatic imine (C=N–C) groups is 1. The van der Waals surface area contributed by atoms with Crippen molar-refractivity contribution in [3.8, 4) is 0 Å². The minimum Gasteiger partial charge on any atom is -0.335 e. The predicted octanol–water partition coefficient (Wildman–Crippen LogP) is 4.13. The first-order valence-electron chi connectivity index (χ1n) is 5.36. The van der Waals surface area contributed by atoms with E-state index in [0.29, 0.717) is 0 Å². The van der Waals surface area contributed by atoms with Gasteiger partial charge in [0.2, 0.25) is 0 Å². The van der Waals surface area contributed by atoms with Crippen LogP contribution in [0, 0.1) is 0 Å². The van der Waals surface area contributed by atoms with Crippen molar-refractivity contribution in [2.45, 2.75) is 25.8 Å². The van der Waals surface area contributed by atoms with Gasteiger partial charge in [-0.1, -0.05) is 40.7 Å². The number of hydrogen-bond donors (Lipinski definition) is 1. The van der Waals surface area contributed by atoms with Crippen LogP contribution in [-0.4, -0.2) is 16.5 Å². The molecule has 1 aliphatic rings. The number of halogens is 1. The SMILES string of the molecule is CCC1(C)CSC(Nc2cccc(Br)c2)=N1. The quantitative estimate of drug-likeness (QED) is 0.888. The van der Waals surface area contributed by atoms with Crippen LogP contribution in [0.25, 0.3) is 0 Å². The van der Waals surface area contributed by atoms with Crippen molar-refractivity contribution in [3.63, 3.8) is 0 Å². The van der Waals surface area contributed by atoms with Gasteiger partial charge in [-0.2, -0.15) is 0 Å². The number of anilines is 1. The molecular formula is C12H15BrN2S.